The Kier molecular flexibility index (Phi) is 6.64. The van der Waals surface area contributed by atoms with E-state index in [0.717, 1.165) is 25.3 Å². The average molecular weight is 258 g/mol. The van der Waals surface area contributed by atoms with Crippen molar-refractivity contribution >= 4 is 18.1 Å². The van der Waals surface area contributed by atoms with Crippen LogP contribution in [-0.2, 0) is 4.79 Å². The van der Waals surface area contributed by atoms with Crippen molar-refractivity contribution in [2.45, 2.75) is 6.92 Å². The molecule has 1 aromatic carbocycles. The van der Waals surface area contributed by atoms with Gasteiger partial charge in [-0.2, -0.15) is 5.10 Å². The largest absolute Gasteiger partial charge is 0.481 e. The first-order chi connectivity index (χ1) is 8.34. The molecule has 0 fully saturated rings. The molecule has 0 spiro atoms. The predicted octanol–water partition coefficient (Wildman–Crippen LogP) is 0.663. The smallest absolute Gasteiger partial charge is 0.300 e. The second-order valence-corrected chi connectivity index (χ2v) is 2.92. The van der Waals surface area contributed by atoms with E-state index in [-0.39, 0.29) is 11.5 Å². The van der Waals surface area contributed by atoms with Crippen molar-refractivity contribution in [3.8, 4) is 0 Å². The van der Waals surface area contributed by atoms with Crippen LogP contribution in [-0.4, -0.2) is 23.2 Å². The van der Waals surface area contributed by atoms with Gasteiger partial charge in [0.25, 0.3) is 5.97 Å². The molecule has 0 atom stereocenters. The number of guanidine groups is 1. The summed E-state index contributed by atoms with van der Waals surface area (Å²) in [4.78, 5) is 9.00. The maximum Gasteiger partial charge on any atom is 0.300 e. The molecule has 5 N–H and O–H groups in total. The Labute approximate surface area is 102 Å². The van der Waals surface area contributed by atoms with Gasteiger partial charge in [-0.1, -0.05) is 6.07 Å². The van der Waals surface area contributed by atoms with Crippen LogP contribution in [0.4, 0.5) is 8.78 Å². The summed E-state index contributed by atoms with van der Waals surface area (Å²) in [6.45, 7) is 1.08. The molecule has 0 saturated heterocycles. The molecular formula is C10H12F2N4O2. The summed E-state index contributed by atoms with van der Waals surface area (Å²) in [6, 6.07) is 3.47. The minimum Gasteiger partial charge on any atom is -0.481 e. The number of aliphatic carboxylic acids is 1. The van der Waals surface area contributed by atoms with Gasteiger partial charge in [0.1, 0.15) is 11.6 Å². The summed E-state index contributed by atoms with van der Waals surface area (Å²) in [5.74, 6) is -2.56. The molecule has 98 valence electrons. The molecular weight excluding hydrogens is 246 g/mol. The maximum atomic E-state index is 12.9. The van der Waals surface area contributed by atoms with Gasteiger partial charge in [-0.15, -0.1) is 5.10 Å². The molecule has 1 rings (SSSR count). The third kappa shape index (κ3) is 6.88. The lowest BCUT2D eigenvalue weighted by Gasteiger charge is -1.95. The highest BCUT2D eigenvalue weighted by Crippen LogP contribution is 2.08. The quantitative estimate of drug-likeness (QED) is 0.410. The number of nitrogens with two attached hydrogens (primary N) is 2. The molecule has 6 nitrogen and oxygen atoms in total. The predicted molar refractivity (Wildman–Crippen MR) is 63.1 cm³/mol. The zero-order chi connectivity index (χ0) is 14.1. The number of rotatable bonds is 2. The van der Waals surface area contributed by atoms with E-state index in [2.05, 4.69) is 10.2 Å². The summed E-state index contributed by atoms with van der Waals surface area (Å²) >= 11 is 0. The third-order valence-electron chi connectivity index (χ3n) is 1.36. The van der Waals surface area contributed by atoms with Gasteiger partial charge in [0, 0.05) is 6.92 Å². The molecule has 0 aliphatic carbocycles. The molecule has 0 amide bonds. The van der Waals surface area contributed by atoms with E-state index in [1.165, 1.54) is 6.07 Å². The van der Waals surface area contributed by atoms with Gasteiger partial charge in [-0.25, -0.2) is 8.78 Å². The Balaban J connectivity index is 0.000000631. The van der Waals surface area contributed by atoms with Gasteiger partial charge in [0.05, 0.1) is 11.8 Å². The van der Waals surface area contributed by atoms with Gasteiger partial charge in [0.2, 0.25) is 5.96 Å². The van der Waals surface area contributed by atoms with Crippen molar-refractivity contribution in [1.82, 2.24) is 0 Å². The normalized spacial score (nSPS) is 9.50. The summed E-state index contributed by atoms with van der Waals surface area (Å²) in [5, 5.41) is 13.9. The Bertz CT molecular complexity index is 447. The topological polar surface area (TPSA) is 114 Å². The van der Waals surface area contributed by atoms with E-state index in [9.17, 15) is 8.78 Å². The standard InChI is InChI=1S/C8H8F2N4.C2H4O2/c9-6-2-1-3-7(10)5(6)4-13-14-8(11)12;1-2(3)4/h1-4H,(H4,11,12,14);1H3,(H,3,4). The zero-order valence-electron chi connectivity index (χ0n) is 9.47. The number of carbonyl (C=O) groups is 1. The number of carboxylic acid groups (broad SMARTS) is 1. The highest BCUT2D eigenvalue weighted by molar-refractivity contribution is 5.82. The Hall–Kier alpha value is -2.51. The van der Waals surface area contributed by atoms with E-state index in [1.807, 2.05) is 0 Å². The Morgan fingerprint density at radius 3 is 2.17 bits per heavy atom. The zero-order valence-corrected chi connectivity index (χ0v) is 9.47. The van der Waals surface area contributed by atoms with Crippen molar-refractivity contribution in [3.05, 3.63) is 35.4 Å². The molecule has 18 heavy (non-hydrogen) atoms. The van der Waals surface area contributed by atoms with E-state index in [4.69, 9.17) is 21.4 Å². The molecule has 0 aliphatic heterocycles. The molecule has 0 saturated carbocycles. The fourth-order valence-electron chi connectivity index (χ4n) is 0.787. The fraction of sp³-hybridized carbons (Fsp3) is 0.100. The number of nitrogens with zero attached hydrogens (tertiary/aromatic N) is 2. The number of halogens is 2. The van der Waals surface area contributed by atoms with Crippen LogP contribution in [0, 0.1) is 11.6 Å². The number of carboxylic acids is 1. The van der Waals surface area contributed by atoms with Gasteiger partial charge in [0.15, 0.2) is 0 Å². The van der Waals surface area contributed by atoms with E-state index in [1.54, 1.807) is 0 Å². The van der Waals surface area contributed by atoms with Crippen molar-refractivity contribution in [1.29, 1.82) is 0 Å². The SMILES string of the molecule is CC(=O)O.NC(N)=NN=Cc1c(F)cccc1F. The van der Waals surface area contributed by atoms with E-state index < -0.39 is 17.6 Å². The van der Waals surface area contributed by atoms with Crippen LogP contribution in [0.15, 0.2) is 28.4 Å². The van der Waals surface area contributed by atoms with Gasteiger partial charge in [-0.05, 0) is 12.1 Å². The van der Waals surface area contributed by atoms with Crippen molar-refractivity contribution in [2.24, 2.45) is 21.7 Å². The van der Waals surface area contributed by atoms with Crippen LogP contribution in [0.25, 0.3) is 0 Å². The molecule has 8 heteroatoms. The van der Waals surface area contributed by atoms with Crippen LogP contribution in [0.2, 0.25) is 0 Å². The average Bonchev–Trinajstić information content (AvgIpc) is 2.21. The Morgan fingerprint density at radius 2 is 1.78 bits per heavy atom. The lowest BCUT2D eigenvalue weighted by molar-refractivity contribution is -0.134. The van der Waals surface area contributed by atoms with Crippen molar-refractivity contribution in [2.75, 3.05) is 0 Å². The molecule has 0 aliphatic rings. The summed E-state index contributed by atoms with van der Waals surface area (Å²) in [7, 11) is 0. The number of hydrogen-bond donors (Lipinski definition) is 3. The summed E-state index contributed by atoms with van der Waals surface area (Å²) in [6.07, 6.45) is 0.907. The van der Waals surface area contributed by atoms with E-state index in [0.29, 0.717) is 0 Å². The molecule has 0 heterocycles. The van der Waals surface area contributed by atoms with Crippen LogP contribution < -0.4 is 11.5 Å². The minimum absolute atomic E-state index is 0.280. The van der Waals surface area contributed by atoms with Crippen LogP contribution in [0.5, 0.6) is 0 Å². The molecule has 0 aromatic heterocycles. The van der Waals surface area contributed by atoms with Gasteiger partial charge in [-0.3, -0.25) is 4.79 Å². The first-order valence-electron chi connectivity index (χ1n) is 4.60. The second-order valence-electron chi connectivity index (χ2n) is 2.92. The van der Waals surface area contributed by atoms with Crippen LogP contribution in [0.3, 0.4) is 0 Å². The monoisotopic (exact) mass is 258 g/mol. The number of benzene rings is 1. The van der Waals surface area contributed by atoms with Crippen LogP contribution >= 0.6 is 0 Å². The highest BCUT2D eigenvalue weighted by atomic mass is 19.1. The summed E-state index contributed by atoms with van der Waals surface area (Å²) in [5.41, 5.74) is 9.64. The van der Waals surface area contributed by atoms with Crippen molar-refractivity contribution < 1.29 is 18.7 Å². The lowest BCUT2D eigenvalue weighted by atomic mass is 10.2. The van der Waals surface area contributed by atoms with Crippen LogP contribution in [0.1, 0.15) is 12.5 Å². The molecule has 0 radical (unpaired) electrons. The number of hydrogen-bond acceptors (Lipinski definition) is 3. The maximum absolute atomic E-state index is 12.9. The molecule has 1 aromatic rings. The highest BCUT2D eigenvalue weighted by Gasteiger charge is 2.04. The minimum atomic E-state index is -0.833. The summed E-state index contributed by atoms with van der Waals surface area (Å²) < 4.78 is 25.9. The second kappa shape index (κ2) is 7.71. The molecule has 0 bridgehead atoms. The fourth-order valence-corrected chi connectivity index (χ4v) is 0.787. The first kappa shape index (κ1) is 15.5. The van der Waals surface area contributed by atoms with Crippen molar-refractivity contribution in [3.63, 3.8) is 0 Å². The van der Waals surface area contributed by atoms with E-state index >= 15 is 0 Å². The van der Waals surface area contributed by atoms with Gasteiger partial charge >= 0.3 is 0 Å². The lowest BCUT2D eigenvalue weighted by Crippen LogP contribution is -2.21. The van der Waals surface area contributed by atoms with Gasteiger partial charge < -0.3 is 16.6 Å². The Morgan fingerprint density at radius 1 is 1.33 bits per heavy atom. The third-order valence-corrected chi connectivity index (χ3v) is 1.36. The first-order valence-corrected chi connectivity index (χ1v) is 4.60. The molecule has 0 unspecified atom stereocenters.